The molecule has 1 fully saturated rings. The highest BCUT2D eigenvalue weighted by Gasteiger charge is 2.28. The average molecular weight is 358 g/mol. The summed E-state index contributed by atoms with van der Waals surface area (Å²) < 4.78 is 6.48. The zero-order valence-corrected chi connectivity index (χ0v) is 15.7. The minimum atomic E-state index is -0.242. The number of anilines is 1. The molecular formula is C18H26N6O2. The average Bonchev–Trinajstić information content (AvgIpc) is 3.05. The van der Waals surface area contributed by atoms with Crippen molar-refractivity contribution < 1.29 is 9.53 Å². The van der Waals surface area contributed by atoms with Gasteiger partial charge in [-0.25, -0.2) is 4.98 Å². The van der Waals surface area contributed by atoms with Crippen LogP contribution in [0.4, 0.5) is 5.82 Å². The predicted molar refractivity (Wildman–Crippen MR) is 101 cm³/mol. The predicted octanol–water partition coefficient (Wildman–Crippen LogP) is 1.24. The number of nitrogens with zero attached hydrogens (tertiary/aromatic N) is 4. The number of aromatic nitrogens is 3. The molecule has 140 valence electrons. The topological polar surface area (TPSA) is 97.8 Å². The largest absolute Gasteiger partial charge is 0.468 e. The molecule has 26 heavy (non-hydrogen) atoms. The number of carbonyl (C=O) groups is 1. The molecule has 2 aromatic rings. The maximum absolute atomic E-state index is 11.7. The van der Waals surface area contributed by atoms with Crippen LogP contribution in [0.15, 0.2) is 18.5 Å². The molecule has 3 heterocycles. The van der Waals surface area contributed by atoms with Gasteiger partial charge in [0.2, 0.25) is 0 Å². The first-order valence-corrected chi connectivity index (χ1v) is 8.71. The molecule has 0 radical (unpaired) electrons. The van der Waals surface area contributed by atoms with Crippen LogP contribution in [0.25, 0.3) is 11.2 Å². The quantitative estimate of drug-likeness (QED) is 0.794. The van der Waals surface area contributed by atoms with E-state index >= 15 is 0 Å². The van der Waals surface area contributed by atoms with E-state index in [9.17, 15) is 4.79 Å². The van der Waals surface area contributed by atoms with Gasteiger partial charge >= 0.3 is 5.97 Å². The Bertz CT molecular complexity index is 834. The highest BCUT2D eigenvalue weighted by atomic mass is 16.5. The Kier molecular flexibility index (Phi) is 5.13. The van der Waals surface area contributed by atoms with Crippen LogP contribution in [-0.2, 0) is 9.53 Å². The molecule has 8 heteroatoms. The van der Waals surface area contributed by atoms with Crippen LogP contribution in [0, 0.1) is 0 Å². The van der Waals surface area contributed by atoms with Crippen LogP contribution >= 0.6 is 0 Å². The summed E-state index contributed by atoms with van der Waals surface area (Å²) in [6, 6.07) is 1.63. The number of rotatable bonds is 4. The number of methoxy groups -OCH3 is 1. The van der Waals surface area contributed by atoms with Crippen molar-refractivity contribution in [1.82, 2.24) is 24.8 Å². The number of carbonyl (C=O) groups excluding carboxylic acids is 1. The van der Waals surface area contributed by atoms with Crippen molar-refractivity contribution in [3.63, 3.8) is 0 Å². The van der Waals surface area contributed by atoms with Crippen LogP contribution < -0.4 is 11.1 Å². The number of nitrogen functional groups attached to an aromatic ring is 1. The summed E-state index contributed by atoms with van der Waals surface area (Å²) in [7, 11) is 5.37. The normalized spacial score (nSPS) is 21.0. The Morgan fingerprint density at radius 2 is 2.23 bits per heavy atom. The van der Waals surface area contributed by atoms with Crippen molar-refractivity contribution in [1.29, 1.82) is 0 Å². The number of allylic oxidation sites excluding steroid dienone is 1. The van der Waals surface area contributed by atoms with Crippen LogP contribution in [0.1, 0.15) is 36.9 Å². The minimum absolute atomic E-state index is 0.198. The lowest BCUT2D eigenvalue weighted by Crippen LogP contribution is -2.44. The van der Waals surface area contributed by atoms with E-state index in [1.807, 2.05) is 38.2 Å². The van der Waals surface area contributed by atoms with E-state index in [-0.39, 0.29) is 17.9 Å². The number of nitrogens with one attached hydrogen (secondary N) is 1. The minimum Gasteiger partial charge on any atom is -0.468 e. The molecule has 0 saturated carbocycles. The van der Waals surface area contributed by atoms with Gasteiger partial charge in [-0.15, -0.1) is 0 Å². The maximum atomic E-state index is 11.7. The van der Waals surface area contributed by atoms with Gasteiger partial charge < -0.3 is 20.7 Å². The van der Waals surface area contributed by atoms with Gasteiger partial charge in [0.25, 0.3) is 0 Å². The van der Waals surface area contributed by atoms with E-state index < -0.39 is 0 Å². The number of hydrogen-bond donors (Lipinski definition) is 2. The monoisotopic (exact) mass is 358 g/mol. The zero-order valence-electron chi connectivity index (χ0n) is 15.7. The van der Waals surface area contributed by atoms with Gasteiger partial charge in [0.1, 0.15) is 11.9 Å². The molecule has 3 N–H and O–H groups in total. The molecule has 0 bridgehead atoms. The smallest absolute Gasteiger partial charge is 0.322 e. The molecule has 1 saturated heterocycles. The summed E-state index contributed by atoms with van der Waals surface area (Å²) in [4.78, 5) is 18.5. The van der Waals surface area contributed by atoms with Crippen LogP contribution in [0.2, 0.25) is 0 Å². The van der Waals surface area contributed by atoms with Crippen LogP contribution in [-0.4, -0.2) is 59.3 Å². The Labute approximate surface area is 153 Å². The SMILES string of the molecule is COC(=O)C1CCC(c2cc(N)n3ncc(/C(C)=C/N(C)C)c3n2)CN1. The van der Waals surface area contributed by atoms with Crippen molar-refractivity contribution in [2.24, 2.45) is 0 Å². The highest BCUT2D eigenvalue weighted by molar-refractivity contribution is 5.76. The van der Waals surface area contributed by atoms with Gasteiger partial charge in [-0.05, 0) is 25.3 Å². The lowest BCUT2D eigenvalue weighted by Gasteiger charge is -2.28. The first kappa shape index (κ1) is 18.2. The Morgan fingerprint density at radius 1 is 1.46 bits per heavy atom. The number of nitrogens with two attached hydrogens (primary N) is 1. The van der Waals surface area contributed by atoms with E-state index in [4.69, 9.17) is 15.5 Å². The van der Waals surface area contributed by atoms with Crippen molar-refractivity contribution in [2.45, 2.75) is 31.7 Å². The molecule has 0 aliphatic carbocycles. The van der Waals surface area contributed by atoms with Crippen LogP contribution in [0.3, 0.4) is 0 Å². The lowest BCUT2D eigenvalue weighted by molar-refractivity contribution is -0.143. The van der Waals surface area contributed by atoms with Crippen molar-refractivity contribution in [2.75, 3.05) is 33.5 Å². The highest BCUT2D eigenvalue weighted by Crippen LogP contribution is 2.28. The second-order valence-corrected chi connectivity index (χ2v) is 6.93. The molecular weight excluding hydrogens is 332 g/mol. The second kappa shape index (κ2) is 7.33. The number of piperidine rings is 1. The van der Waals surface area contributed by atoms with Gasteiger partial charge in [-0.3, -0.25) is 4.79 Å². The molecule has 0 amide bonds. The number of hydrogen-bond acceptors (Lipinski definition) is 7. The summed E-state index contributed by atoms with van der Waals surface area (Å²) in [6.45, 7) is 2.70. The molecule has 8 nitrogen and oxygen atoms in total. The Balaban J connectivity index is 1.90. The van der Waals surface area contributed by atoms with Gasteiger partial charge in [0.05, 0.1) is 19.0 Å². The van der Waals surface area contributed by atoms with Crippen molar-refractivity contribution >= 4 is 23.0 Å². The molecule has 0 spiro atoms. The van der Waals surface area contributed by atoms with E-state index in [1.54, 1.807) is 10.7 Å². The fraction of sp³-hybridized carbons (Fsp3) is 0.500. The Hall–Kier alpha value is -2.61. The van der Waals surface area contributed by atoms with Crippen LogP contribution in [0.5, 0.6) is 0 Å². The summed E-state index contributed by atoms with van der Waals surface area (Å²) in [5, 5.41) is 7.62. The van der Waals surface area contributed by atoms with Gasteiger partial charge in [0.15, 0.2) is 5.65 Å². The zero-order chi connectivity index (χ0) is 18.8. The maximum Gasteiger partial charge on any atom is 0.322 e. The third kappa shape index (κ3) is 3.50. The molecule has 2 atom stereocenters. The summed E-state index contributed by atoms with van der Waals surface area (Å²) in [5.41, 5.74) is 9.92. The summed E-state index contributed by atoms with van der Waals surface area (Å²) >= 11 is 0. The molecule has 2 unspecified atom stereocenters. The molecule has 2 aromatic heterocycles. The number of ether oxygens (including phenoxy) is 1. The Morgan fingerprint density at radius 3 is 2.85 bits per heavy atom. The van der Waals surface area contributed by atoms with Crippen molar-refractivity contribution in [3.05, 3.63) is 29.7 Å². The first-order chi connectivity index (χ1) is 12.4. The number of esters is 1. The third-order valence-corrected chi connectivity index (χ3v) is 4.71. The summed E-state index contributed by atoms with van der Waals surface area (Å²) in [6.07, 6.45) is 5.40. The van der Waals surface area contributed by atoms with Gasteiger partial charge in [-0.1, -0.05) is 0 Å². The molecule has 1 aliphatic heterocycles. The molecule has 1 aliphatic rings. The standard InChI is InChI=1S/C18H26N6O2/c1-11(10-23(2)3)13-9-21-24-16(19)7-15(22-17(13)24)12-5-6-14(20-8-12)18(25)26-4/h7,9-10,12,14,20H,5-6,8,19H2,1-4H3/b11-10+. The van der Waals surface area contributed by atoms with Gasteiger partial charge in [0, 0.05) is 44.4 Å². The second-order valence-electron chi connectivity index (χ2n) is 6.93. The van der Waals surface area contributed by atoms with Gasteiger partial charge in [-0.2, -0.15) is 9.61 Å². The molecule has 0 aromatic carbocycles. The van der Waals surface area contributed by atoms with E-state index in [1.165, 1.54) is 7.11 Å². The van der Waals surface area contributed by atoms with E-state index in [0.717, 1.165) is 35.3 Å². The first-order valence-electron chi connectivity index (χ1n) is 8.71. The summed E-state index contributed by atoms with van der Waals surface area (Å²) in [5.74, 6) is 0.544. The third-order valence-electron chi connectivity index (χ3n) is 4.71. The molecule has 3 rings (SSSR count). The van der Waals surface area contributed by atoms with E-state index in [2.05, 4.69) is 10.4 Å². The van der Waals surface area contributed by atoms with Crippen molar-refractivity contribution in [3.8, 4) is 0 Å². The number of fused-ring (bicyclic) bond motifs is 1. The lowest BCUT2D eigenvalue weighted by atomic mass is 9.92. The fourth-order valence-electron chi connectivity index (χ4n) is 3.40. The fourth-order valence-corrected chi connectivity index (χ4v) is 3.40. The van der Waals surface area contributed by atoms with E-state index in [0.29, 0.717) is 12.4 Å².